The van der Waals surface area contributed by atoms with Gasteiger partial charge in [0.1, 0.15) is 0 Å². The first-order valence-corrected chi connectivity index (χ1v) is 19.3. The molecule has 274 valence electrons. The molecule has 0 atom stereocenters. The number of anilines is 3. The molecule has 0 amide bonds. The van der Waals surface area contributed by atoms with Crippen LogP contribution in [0.25, 0.3) is 34.1 Å². The van der Waals surface area contributed by atoms with Gasteiger partial charge >= 0.3 is 0 Å². The van der Waals surface area contributed by atoms with Crippen molar-refractivity contribution in [2.45, 2.75) is 26.2 Å². The normalized spacial score (nSPS) is 13.1. The lowest BCUT2D eigenvalue weighted by molar-refractivity contribution is 0.918. The third-order valence-electron chi connectivity index (χ3n) is 10.4. The fourth-order valence-corrected chi connectivity index (χ4v) is 7.50. The Hall–Kier alpha value is -6.90. The molecule has 6 aromatic rings. The third-order valence-corrected chi connectivity index (χ3v) is 10.4. The number of allylic oxidation sites excluding steroid dienone is 9. The summed E-state index contributed by atoms with van der Waals surface area (Å²) in [6.07, 6.45) is 21.8. The Kier molecular flexibility index (Phi) is 11.7. The molecule has 2 nitrogen and oxygen atoms in total. The maximum Gasteiger partial charge on any atom is 0.0688 e. The van der Waals surface area contributed by atoms with Crippen molar-refractivity contribution in [1.82, 2.24) is 0 Å². The van der Waals surface area contributed by atoms with Crippen molar-refractivity contribution in [3.8, 4) is 0 Å². The van der Waals surface area contributed by atoms with Gasteiger partial charge in [0, 0.05) is 11.4 Å². The van der Waals surface area contributed by atoms with E-state index < -0.39 is 0 Å². The SMILES string of the molecule is C=CC(/C=C\Cc1ccc(N(C2=CC=CCC2)c2ccccc2N)cc1)=C(/c1ccc(C=C)c(/C=C\C)c1)c1ccccc1C(=C)c1ccc2ccccc2c1. The van der Waals surface area contributed by atoms with Crippen LogP contribution in [0.3, 0.4) is 0 Å². The lowest BCUT2D eigenvalue weighted by Gasteiger charge is -2.30. The summed E-state index contributed by atoms with van der Waals surface area (Å²) >= 11 is 0. The molecule has 0 saturated carbocycles. The largest absolute Gasteiger partial charge is 0.397 e. The van der Waals surface area contributed by atoms with Gasteiger partial charge in [0.05, 0.1) is 11.4 Å². The molecule has 2 N–H and O–H groups in total. The summed E-state index contributed by atoms with van der Waals surface area (Å²) in [6.45, 7) is 15.1. The van der Waals surface area contributed by atoms with Crippen molar-refractivity contribution in [2.24, 2.45) is 0 Å². The fourth-order valence-electron chi connectivity index (χ4n) is 7.50. The molecule has 6 aromatic carbocycles. The summed E-state index contributed by atoms with van der Waals surface area (Å²) in [5.41, 5.74) is 21.5. The van der Waals surface area contributed by atoms with E-state index in [0.717, 1.165) is 86.4 Å². The van der Waals surface area contributed by atoms with E-state index in [9.17, 15) is 0 Å². The highest BCUT2D eigenvalue weighted by molar-refractivity contribution is 5.96. The molecule has 0 spiro atoms. The van der Waals surface area contributed by atoms with Crippen molar-refractivity contribution in [3.63, 3.8) is 0 Å². The summed E-state index contributed by atoms with van der Waals surface area (Å²) in [5, 5.41) is 2.40. The number of fused-ring (bicyclic) bond motifs is 1. The molecule has 0 fully saturated rings. The zero-order chi connectivity index (χ0) is 38.9. The molecular weight excluding hydrogens is 677 g/mol. The monoisotopic (exact) mass is 724 g/mol. The number of hydrogen-bond donors (Lipinski definition) is 1. The van der Waals surface area contributed by atoms with Gasteiger partial charge in [-0.2, -0.15) is 0 Å². The van der Waals surface area contributed by atoms with E-state index >= 15 is 0 Å². The summed E-state index contributed by atoms with van der Waals surface area (Å²) in [4.78, 5) is 2.28. The molecule has 0 bridgehead atoms. The smallest absolute Gasteiger partial charge is 0.0688 e. The zero-order valence-electron chi connectivity index (χ0n) is 32.2. The minimum atomic E-state index is 0.758. The molecular formula is C54H48N2. The van der Waals surface area contributed by atoms with Crippen LogP contribution in [0.2, 0.25) is 0 Å². The number of hydrogen-bond acceptors (Lipinski definition) is 2. The molecule has 0 heterocycles. The van der Waals surface area contributed by atoms with Gasteiger partial charge in [-0.05, 0) is 135 Å². The predicted octanol–water partition coefficient (Wildman–Crippen LogP) is 14.3. The minimum absolute atomic E-state index is 0.758. The van der Waals surface area contributed by atoms with Gasteiger partial charge in [-0.15, -0.1) is 0 Å². The highest BCUT2D eigenvalue weighted by Gasteiger charge is 2.19. The Morgan fingerprint density at radius 1 is 0.750 bits per heavy atom. The number of nitrogen functional groups attached to an aromatic ring is 1. The molecule has 56 heavy (non-hydrogen) atoms. The number of para-hydroxylation sites is 2. The van der Waals surface area contributed by atoms with E-state index in [-0.39, 0.29) is 0 Å². The molecule has 1 aliphatic carbocycles. The highest BCUT2D eigenvalue weighted by atomic mass is 15.2. The van der Waals surface area contributed by atoms with Crippen molar-refractivity contribution in [2.75, 3.05) is 10.6 Å². The van der Waals surface area contributed by atoms with Crippen molar-refractivity contribution in [1.29, 1.82) is 0 Å². The van der Waals surface area contributed by atoms with Gasteiger partial charge in [0.15, 0.2) is 0 Å². The molecule has 0 aliphatic heterocycles. The molecule has 0 radical (unpaired) electrons. The topological polar surface area (TPSA) is 29.3 Å². The van der Waals surface area contributed by atoms with Gasteiger partial charge in [-0.25, -0.2) is 0 Å². The molecule has 0 unspecified atom stereocenters. The van der Waals surface area contributed by atoms with Crippen LogP contribution in [0.4, 0.5) is 17.1 Å². The lowest BCUT2D eigenvalue weighted by Crippen LogP contribution is -2.18. The molecule has 7 rings (SSSR count). The van der Waals surface area contributed by atoms with E-state index in [0.29, 0.717) is 0 Å². The van der Waals surface area contributed by atoms with Crippen LogP contribution in [0.5, 0.6) is 0 Å². The third kappa shape index (κ3) is 8.11. The number of benzene rings is 6. The van der Waals surface area contributed by atoms with Gasteiger partial charge in [-0.3, -0.25) is 0 Å². The van der Waals surface area contributed by atoms with Crippen LogP contribution in [0.15, 0.2) is 207 Å². The Labute approximate surface area is 332 Å². The second-order valence-electron chi connectivity index (χ2n) is 14.0. The number of nitrogens with zero attached hydrogens (tertiary/aromatic N) is 1. The minimum Gasteiger partial charge on any atom is -0.397 e. The first-order chi connectivity index (χ1) is 27.5. The van der Waals surface area contributed by atoms with E-state index in [4.69, 9.17) is 5.73 Å². The first kappa shape index (κ1) is 37.4. The maximum atomic E-state index is 6.50. The Bertz CT molecular complexity index is 2570. The van der Waals surface area contributed by atoms with Crippen molar-refractivity contribution in [3.05, 3.63) is 246 Å². The summed E-state index contributed by atoms with van der Waals surface area (Å²) in [6, 6.07) is 47.1. The highest BCUT2D eigenvalue weighted by Crippen LogP contribution is 2.38. The Balaban J connectivity index is 1.27. The van der Waals surface area contributed by atoms with E-state index in [1.54, 1.807) is 0 Å². The van der Waals surface area contributed by atoms with Crippen LogP contribution in [0, 0.1) is 0 Å². The van der Waals surface area contributed by atoms with Crippen LogP contribution in [-0.2, 0) is 6.42 Å². The molecule has 1 aliphatic rings. The zero-order valence-corrected chi connectivity index (χ0v) is 32.2. The predicted molar refractivity (Wildman–Crippen MR) is 245 cm³/mol. The lowest BCUT2D eigenvalue weighted by atomic mass is 9.84. The van der Waals surface area contributed by atoms with Gasteiger partial charge in [0.25, 0.3) is 0 Å². The van der Waals surface area contributed by atoms with Crippen molar-refractivity contribution < 1.29 is 0 Å². The van der Waals surface area contributed by atoms with Crippen LogP contribution in [0.1, 0.15) is 58.7 Å². The summed E-state index contributed by atoms with van der Waals surface area (Å²) in [5.74, 6) is 0. The number of nitrogens with two attached hydrogens (primary N) is 1. The Morgan fingerprint density at radius 3 is 2.21 bits per heavy atom. The average molecular weight is 725 g/mol. The van der Waals surface area contributed by atoms with Crippen LogP contribution in [-0.4, -0.2) is 0 Å². The van der Waals surface area contributed by atoms with Gasteiger partial charge in [0.2, 0.25) is 0 Å². The fraction of sp³-hybridized carbons (Fsp3) is 0.0741. The molecule has 0 aromatic heterocycles. The molecule has 2 heteroatoms. The second kappa shape index (κ2) is 17.5. The first-order valence-electron chi connectivity index (χ1n) is 19.3. The van der Waals surface area contributed by atoms with E-state index in [1.807, 2.05) is 37.3 Å². The maximum absolute atomic E-state index is 6.50. The summed E-state index contributed by atoms with van der Waals surface area (Å²) < 4.78 is 0. The average Bonchev–Trinajstić information content (AvgIpc) is 3.25. The number of rotatable bonds is 13. The van der Waals surface area contributed by atoms with Gasteiger partial charge in [-0.1, -0.05) is 165 Å². The Morgan fingerprint density at radius 2 is 1.48 bits per heavy atom. The van der Waals surface area contributed by atoms with Crippen LogP contribution >= 0.6 is 0 Å². The molecule has 0 saturated heterocycles. The van der Waals surface area contributed by atoms with E-state index in [1.165, 1.54) is 22.0 Å². The quantitative estimate of drug-likeness (QED) is 0.0949. The van der Waals surface area contributed by atoms with Crippen molar-refractivity contribution >= 4 is 51.1 Å². The van der Waals surface area contributed by atoms with Crippen LogP contribution < -0.4 is 10.6 Å². The standard InChI is InChI=1S/C54H48N2/c1-5-18-45-38-47(34-31-41(45)6-2)54(51-26-14-13-25-50(51)39(4)44-33-32-43-20-11-12-21-46(43)37-44)42(7-3)22-17-19-40-29-35-49(36-30-40)56(48-23-9-8-10-24-48)53-28-16-15-27-52(53)55/h5-9,11-18,20-23,25-38H,2-4,10,19,24,55H2,1H3/b18-5-,22-17-,54-42+. The summed E-state index contributed by atoms with van der Waals surface area (Å²) in [7, 11) is 0. The van der Waals surface area contributed by atoms with Gasteiger partial charge < -0.3 is 10.6 Å². The second-order valence-corrected chi connectivity index (χ2v) is 14.0. The van der Waals surface area contributed by atoms with E-state index in [2.05, 4.69) is 182 Å².